The molecule has 0 saturated carbocycles. The maximum Gasteiger partial charge on any atom is 0.160 e. The van der Waals surface area contributed by atoms with Crippen molar-refractivity contribution in [3.05, 3.63) is 65.2 Å². The molecule has 0 amide bonds. The molecular weight excluding hydrogens is 312 g/mol. The van der Waals surface area contributed by atoms with Crippen molar-refractivity contribution in [2.75, 3.05) is 18.0 Å². The highest BCUT2D eigenvalue weighted by molar-refractivity contribution is 5.87. The third-order valence-electron chi connectivity index (χ3n) is 3.93. The summed E-state index contributed by atoms with van der Waals surface area (Å²) in [5.74, 6) is 0.655. The summed E-state index contributed by atoms with van der Waals surface area (Å²) in [6, 6.07) is 17.6. The highest BCUT2D eigenvalue weighted by Crippen LogP contribution is 2.28. The zero-order valence-electron chi connectivity index (χ0n) is 14.6. The maximum atomic E-state index is 11.0. The minimum absolute atomic E-state index is 0.0696. The van der Waals surface area contributed by atoms with Crippen LogP contribution in [-0.4, -0.2) is 19.4 Å². The SMILES string of the molecule is CCN(CC)c1ccc(/C=C(\C#N)C=O)c(OCc2ccccc2)c1. The highest BCUT2D eigenvalue weighted by atomic mass is 16.5. The number of rotatable bonds is 8. The molecule has 0 N–H and O–H groups in total. The third kappa shape index (κ3) is 4.95. The van der Waals surface area contributed by atoms with Crippen molar-refractivity contribution < 1.29 is 9.53 Å². The number of benzene rings is 2. The second kappa shape index (κ2) is 9.29. The summed E-state index contributed by atoms with van der Waals surface area (Å²) in [6.07, 6.45) is 2.11. The van der Waals surface area contributed by atoms with Gasteiger partial charge < -0.3 is 9.64 Å². The first kappa shape index (κ1) is 18.3. The minimum atomic E-state index is 0.0696. The van der Waals surface area contributed by atoms with Gasteiger partial charge in [0.05, 0.1) is 5.57 Å². The Morgan fingerprint density at radius 3 is 2.48 bits per heavy atom. The summed E-state index contributed by atoms with van der Waals surface area (Å²) in [4.78, 5) is 13.2. The van der Waals surface area contributed by atoms with Crippen molar-refractivity contribution in [2.45, 2.75) is 20.5 Å². The van der Waals surface area contributed by atoms with E-state index in [9.17, 15) is 4.79 Å². The fourth-order valence-electron chi connectivity index (χ4n) is 2.55. The molecule has 0 bridgehead atoms. The van der Waals surface area contributed by atoms with Gasteiger partial charge in [0, 0.05) is 30.4 Å². The Kier molecular flexibility index (Phi) is 6.79. The minimum Gasteiger partial charge on any atom is -0.488 e. The molecule has 0 saturated heterocycles. The molecule has 0 radical (unpaired) electrons. The Hall–Kier alpha value is -3.06. The van der Waals surface area contributed by atoms with Crippen LogP contribution >= 0.6 is 0 Å². The Labute approximate surface area is 149 Å². The molecule has 128 valence electrons. The molecule has 4 nitrogen and oxygen atoms in total. The van der Waals surface area contributed by atoms with Gasteiger partial charge in [0.2, 0.25) is 0 Å². The summed E-state index contributed by atoms with van der Waals surface area (Å²) in [7, 11) is 0. The van der Waals surface area contributed by atoms with E-state index in [0.717, 1.165) is 29.9 Å². The lowest BCUT2D eigenvalue weighted by molar-refractivity contribution is -0.104. The van der Waals surface area contributed by atoms with Crippen LogP contribution in [-0.2, 0) is 11.4 Å². The van der Waals surface area contributed by atoms with E-state index in [-0.39, 0.29) is 5.57 Å². The van der Waals surface area contributed by atoms with E-state index in [1.54, 1.807) is 6.08 Å². The van der Waals surface area contributed by atoms with Gasteiger partial charge in [-0.15, -0.1) is 0 Å². The molecule has 0 atom stereocenters. The number of hydrogen-bond acceptors (Lipinski definition) is 4. The van der Waals surface area contributed by atoms with Crippen molar-refractivity contribution in [1.82, 2.24) is 0 Å². The molecule has 25 heavy (non-hydrogen) atoms. The number of ether oxygens (including phenoxy) is 1. The van der Waals surface area contributed by atoms with Crippen LogP contribution < -0.4 is 9.64 Å². The molecule has 0 fully saturated rings. The molecular formula is C21H22N2O2. The van der Waals surface area contributed by atoms with Crippen molar-refractivity contribution >= 4 is 18.0 Å². The number of anilines is 1. The first-order valence-electron chi connectivity index (χ1n) is 8.34. The number of allylic oxidation sites excluding steroid dienone is 1. The van der Waals surface area contributed by atoms with Crippen LogP contribution in [0.1, 0.15) is 25.0 Å². The number of carbonyl (C=O) groups is 1. The van der Waals surface area contributed by atoms with E-state index in [0.29, 0.717) is 18.6 Å². The molecule has 0 aliphatic heterocycles. The van der Waals surface area contributed by atoms with Gasteiger partial charge in [-0.3, -0.25) is 4.79 Å². The van der Waals surface area contributed by atoms with E-state index < -0.39 is 0 Å². The van der Waals surface area contributed by atoms with Crippen LogP contribution in [0.25, 0.3) is 6.08 Å². The first-order valence-corrected chi connectivity index (χ1v) is 8.34. The largest absolute Gasteiger partial charge is 0.488 e. The number of carbonyl (C=O) groups excluding carboxylic acids is 1. The predicted molar refractivity (Wildman–Crippen MR) is 100 cm³/mol. The van der Waals surface area contributed by atoms with Crippen LogP contribution in [0.4, 0.5) is 5.69 Å². The lowest BCUT2D eigenvalue weighted by atomic mass is 10.1. The van der Waals surface area contributed by atoms with Crippen LogP contribution in [0.2, 0.25) is 0 Å². The van der Waals surface area contributed by atoms with Crippen molar-refractivity contribution in [1.29, 1.82) is 5.26 Å². The smallest absolute Gasteiger partial charge is 0.160 e. The fourth-order valence-corrected chi connectivity index (χ4v) is 2.55. The lowest BCUT2D eigenvalue weighted by Crippen LogP contribution is -2.21. The van der Waals surface area contributed by atoms with Crippen molar-refractivity contribution in [3.63, 3.8) is 0 Å². The molecule has 0 spiro atoms. The number of aldehydes is 1. The number of nitrogens with zero attached hydrogens (tertiary/aromatic N) is 2. The van der Waals surface area contributed by atoms with Crippen LogP contribution in [0.5, 0.6) is 5.75 Å². The van der Waals surface area contributed by atoms with Gasteiger partial charge in [-0.1, -0.05) is 30.3 Å². The van der Waals surface area contributed by atoms with E-state index in [1.807, 2.05) is 54.6 Å². The average Bonchev–Trinajstić information content (AvgIpc) is 2.67. The zero-order valence-corrected chi connectivity index (χ0v) is 14.6. The van der Waals surface area contributed by atoms with Crippen molar-refractivity contribution in [3.8, 4) is 11.8 Å². The first-order chi connectivity index (χ1) is 12.2. The second-order valence-corrected chi connectivity index (χ2v) is 5.50. The van der Waals surface area contributed by atoms with Crippen LogP contribution in [0.15, 0.2) is 54.1 Å². The monoisotopic (exact) mass is 334 g/mol. The van der Waals surface area contributed by atoms with Gasteiger partial charge in [0.25, 0.3) is 0 Å². The maximum absolute atomic E-state index is 11.0. The van der Waals surface area contributed by atoms with Gasteiger partial charge in [-0.25, -0.2) is 0 Å². The van der Waals surface area contributed by atoms with Crippen LogP contribution in [0.3, 0.4) is 0 Å². The molecule has 0 aromatic heterocycles. The normalized spacial score (nSPS) is 10.8. The summed E-state index contributed by atoms with van der Waals surface area (Å²) in [5.41, 5.74) is 2.90. The predicted octanol–water partition coefficient (Wildman–Crippen LogP) is 4.22. The Balaban J connectivity index is 2.36. The molecule has 0 aliphatic carbocycles. The van der Waals surface area contributed by atoms with Gasteiger partial charge >= 0.3 is 0 Å². The Bertz CT molecular complexity index is 772. The van der Waals surface area contributed by atoms with Gasteiger partial charge in [0.15, 0.2) is 6.29 Å². The topological polar surface area (TPSA) is 53.3 Å². The van der Waals surface area contributed by atoms with Gasteiger partial charge in [0.1, 0.15) is 18.4 Å². The fraction of sp³-hybridized carbons (Fsp3) is 0.238. The summed E-state index contributed by atoms with van der Waals surface area (Å²) in [6.45, 7) is 6.40. The van der Waals surface area contributed by atoms with Gasteiger partial charge in [-0.05, 0) is 37.6 Å². The zero-order chi connectivity index (χ0) is 18.1. The standard InChI is InChI=1S/C21H22N2O2/c1-3-23(4-2)20-11-10-19(12-18(14-22)15-24)21(13-20)25-16-17-8-6-5-7-9-17/h5-13,15H,3-4,16H2,1-2H3/b18-12+. The Morgan fingerprint density at radius 1 is 1.16 bits per heavy atom. The number of hydrogen-bond donors (Lipinski definition) is 0. The summed E-state index contributed by atoms with van der Waals surface area (Å²) >= 11 is 0. The van der Waals surface area contributed by atoms with Crippen LogP contribution in [0, 0.1) is 11.3 Å². The molecule has 2 aromatic rings. The highest BCUT2D eigenvalue weighted by Gasteiger charge is 2.09. The molecule has 2 aromatic carbocycles. The van der Waals surface area contributed by atoms with Gasteiger partial charge in [-0.2, -0.15) is 5.26 Å². The molecule has 0 aliphatic rings. The van der Waals surface area contributed by atoms with E-state index in [4.69, 9.17) is 10.00 Å². The van der Waals surface area contributed by atoms with E-state index in [2.05, 4.69) is 18.7 Å². The quantitative estimate of drug-likeness (QED) is 0.412. The molecule has 0 unspecified atom stereocenters. The molecule has 2 rings (SSSR count). The Morgan fingerprint density at radius 2 is 1.88 bits per heavy atom. The second-order valence-electron chi connectivity index (χ2n) is 5.50. The molecule has 0 heterocycles. The van der Waals surface area contributed by atoms with E-state index in [1.165, 1.54) is 0 Å². The van der Waals surface area contributed by atoms with E-state index >= 15 is 0 Å². The third-order valence-corrected chi connectivity index (χ3v) is 3.93. The number of nitriles is 1. The summed E-state index contributed by atoms with van der Waals surface area (Å²) < 4.78 is 6.00. The van der Waals surface area contributed by atoms with Crippen molar-refractivity contribution in [2.24, 2.45) is 0 Å². The molecule has 4 heteroatoms. The summed E-state index contributed by atoms with van der Waals surface area (Å²) in [5, 5.41) is 9.01. The lowest BCUT2D eigenvalue weighted by Gasteiger charge is -2.22. The average molecular weight is 334 g/mol.